The third-order valence-electron chi connectivity index (χ3n) is 11.9. The molecule has 0 radical (unpaired) electrons. The molecular formula is C47H36F44O10. The lowest BCUT2D eigenvalue weighted by molar-refractivity contribution is -0.487. The van der Waals surface area contributed by atoms with E-state index in [0.717, 1.165) is 24.3 Å². The second kappa shape index (κ2) is 30.6. The summed E-state index contributed by atoms with van der Waals surface area (Å²) < 4.78 is 635. The SMILES string of the molecule is CCCCCc1ccc(-c2cc(OC(COCC(F)(OC(F)(F)C(F)(F)C(F)(F)F)C(F)(F)F)COCC(F)(OC(F)(F)C(F)(F)C(F)(F)F)C(F)(F)F)cc(OC(COCC(F)(OC(F)(F)C(F)(F)C(F)(F)F)C(F)(F)F)COCC(F)(OC(F)(F)C(F)(F)C(F)(F)F)C(F)(F)F)c2)cc1. The summed E-state index contributed by atoms with van der Waals surface area (Å²) in [7, 11) is 0. The van der Waals surface area contributed by atoms with E-state index in [9.17, 15) is 176 Å². The first kappa shape index (κ1) is 91.7. The van der Waals surface area contributed by atoms with E-state index >= 15 is 17.6 Å². The maximum atomic E-state index is 15.2. The molecule has 0 bridgehead atoms. The molecule has 2 aromatic rings. The van der Waals surface area contributed by atoms with Crippen molar-refractivity contribution in [2.24, 2.45) is 0 Å². The summed E-state index contributed by atoms with van der Waals surface area (Å²) in [5.74, 6) is -61.8. The van der Waals surface area contributed by atoms with Gasteiger partial charge in [0.15, 0.2) is 0 Å². The second-order valence-corrected chi connectivity index (χ2v) is 20.1. The Morgan fingerprint density at radius 1 is 0.277 bits per heavy atom. The predicted molar refractivity (Wildman–Crippen MR) is 235 cm³/mol. The van der Waals surface area contributed by atoms with Crippen LogP contribution in [0.15, 0.2) is 42.5 Å². The zero-order valence-electron chi connectivity index (χ0n) is 47.9. The average molecular weight is 1600 g/mol. The Morgan fingerprint density at radius 2 is 0.505 bits per heavy atom. The van der Waals surface area contributed by atoms with Gasteiger partial charge in [-0.15, -0.1) is 0 Å². The van der Waals surface area contributed by atoms with Crippen LogP contribution in [0, 0.1) is 0 Å². The molecule has 101 heavy (non-hydrogen) atoms. The van der Waals surface area contributed by atoms with Crippen LogP contribution in [0.3, 0.4) is 0 Å². The van der Waals surface area contributed by atoms with E-state index in [1.54, 1.807) is 6.92 Å². The molecule has 0 saturated carbocycles. The van der Waals surface area contributed by atoms with Gasteiger partial charge in [-0.2, -0.15) is 193 Å². The van der Waals surface area contributed by atoms with Crippen LogP contribution in [0.4, 0.5) is 193 Å². The smallest absolute Gasteiger partial charge is 0.462 e. The summed E-state index contributed by atoms with van der Waals surface area (Å²) in [5, 5.41) is 0. The molecule has 0 aliphatic carbocycles. The molecule has 0 spiro atoms. The standard InChI is InChI=1S/C47H36F44O10/c1-2-3-4-5-21-6-8-22(9-7-21)23-10-24(96-26(13-92-17-28(48,36(60,61)62)98-44(84,85)32(52,53)40(72,73)74)14-93-18-29(49,37(63,64)65)99-45(86,87)33(54,55)41(75,76)77)12-25(11-23)97-27(15-94-19-30(50,38(66,67)68)100-46(88,89)34(56,57)42(78,79)80)16-95-20-31(51,39(69,70)71)101-47(90,91)35(58,59)43(81,82)83/h6-12,26-27H,2-5,13-20H2,1H3. The first-order valence-electron chi connectivity index (χ1n) is 25.5. The van der Waals surface area contributed by atoms with Crippen LogP contribution in [0.2, 0.25) is 0 Å². The fraction of sp³-hybridized carbons (Fsp3) is 0.745. The van der Waals surface area contributed by atoms with Gasteiger partial charge in [-0.05, 0) is 41.7 Å². The van der Waals surface area contributed by atoms with E-state index in [-0.39, 0.29) is 24.6 Å². The number of benzene rings is 2. The Labute approximate surface area is 530 Å². The summed E-state index contributed by atoms with van der Waals surface area (Å²) in [6, 6.07) is 4.39. The van der Waals surface area contributed by atoms with E-state index in [2.05, 4.69) is 37.9 Å². The monoisotopic (exact) mass is 1600 g/mol. The van der Waals surface area contributed by atoms with E-state index in [4.69, 9.17) is 9.47 Å². The molecule has 54 heteroatoms. The van der Waals surface area contributed by atoms with Crippen molar-refractivity contribution in [1.29, 1.82) is 0 Å². The van der Waals surface area contributed by atoms with Gasteiger partial charge in [-0.1, -0.05) is 44.0 Å². The molecule has 0 fully saturated rings. The summed E-state index contributed by atoms with van der Waals surface area (Å²) in [6.45, 7) is -23.3. The third kappa shape index (κ3) is 21.7. The number of alkyl halides is 44. The Hall–Kier alpha value is -5.36. The van der Waals surface area contributed by atoms with Crippen LogP contribution in [0.1, 0.15) is 31.7 Å². The zero-order valence-corrected chi connectivity index (χ0v) is 47.9. The highest BCUT2D eigenvalue weighted by Crippen LogP contribution is 2.56. The summed E-state index contributed by atoms with van der Waals surface area (Å²) in [5.41, 5.74) is -1.08. The van der Waals surface area contributed by atoms with Crippen LogP contribution in [-0.4, -0.2) is 186 Å². The summed E-state index contributed by atoms with van der Waals surface area (Å²) >= 11 is 0. The van der Waals surface area contributed by atoms with Gasteiger partial charge in [0, 0.05) is 6.07 Å². The first-order chi connectivity index (χ1) is 44.5. The van der Waals surface area contributed by atoms with E-state index in [0.29, 0.717) is 24.8 Å². The minimum atomic E-state index is -7.86. The van der Waals surface area contributed by atoms with Crippen molar-refractivity contribution in [3.63, 3.8) is 0 Å². The van der Waals surface area contributed by atoms with Gasteiger partial charge >= 0.3 is 121 Å². The van der Waals surface area contributed by atoms with Crippen molar-refractivity contribution in [3.8, 4) is 22.6 Å². The molecule has 0 N–H and O–H groups in total. The van der Waals surface area contributed by atoms with Crippen LogP contribution in [0.5, 0.6) is 11.5 Å². The second-order valence-electron chi connectivity index (χ2n) is 20.1. The molecule has 10 nitrogen and oxygen atoms in total. The normalized spacial score (nSPS) is 17.8. The first-order valence-corrected chi connectivity index (χ1v) is 25.5. The number of unbranched alkanes of at least 4 members (excludes halogenated alkanes) is 2. The maximum absolute atomic E-state index is 15.2. The number of aryl methyl sites for hydroxylation is 1. The van der Waals surface area contributed by atoms with Gasteiger partial charge in [-0.3, -0.25) is 18.9 Å². The molecule has 2 aromatic carbocycles. The maximum Gasteiger partial charge on any atom is 0.462 e. The lowest BCUT2D eigenvalue weighted by Gasteiger charge is -2.35. The molecule has 0 amide bonds. The molecular weight excluding hydrogens is 1560 g/mol. The largest absolute Gasteiger partial charge is 0.485 e. The number of ether oxygens (including phenoxy) is 10. The zero-order chi connectivity index (χ0) is 79.5. The fourth-order valence-electron chi connectivity index (χ4n) is 6.63. The molecule has 0 saturated heterocycles. The average Bonchev–Trinajstić information content (AvgIpc) is 0.771. The predicted octanol–water partition coefficient (Wildman–Crippen LogP) is 18.8. The minimum absolute atomic E-state index is 0.128. The molecule has 0 aliphatic heterocycles. The molecule has 2 rings (SSSR count). The van der Waals surface area contributed by atoms with Crippen molar-refractivity contribution >= 4 is 0 Å². The molecule has 0 heterocycles. The van der Waals surface area contributed by atoms with Gasteiger partial charge in [-0.25, -0.2) is 0 Å². The Bertz CT molecular complexity index is 2630. The third-order valence-corrected chi connectivity index (χ3v) is 11.9. The number of hydrogen-bond donors (Lipinski definition) is 0. The van der Waals surface area contributed by atoms with Crippen molar-refractivity contribution in [2.75, 3.05) is 52.9 Å². The van der Waals surface area contributed by atoms with Crippen molar-refractivity contribution in [3.05, 3.63) is 48.0 Å². The topological polar surface area (TPSA) is 92.3 Å². The highest BCUT2D eigenvalue weighted by atomic mass is 19.5. The highest BCUT2D eigenvalue weighted by molar-refractivity contribution is 5.67. The van der Waals surface area contributed by atoms with Crippen LogP contribution in [-0.2, 0) is 44.3 Å². The molecule has 4 atom stereocenters. The van der Waals surface area contributed by atoms with Crippen molar-refractivity contribution < 1.29 is 241 Å². The quantitative estimate of drug-likeness (QED) is 0.0481. The van der Waals surface area contributed by atoms with Gasteiger partial charge in [0.2, 0.25) is 0 Å². The number of hydrogen-bond acceptors (Lipinski definition) is 10. The Kier molecular flexibility index (Phi) is 27.8. The highest BCUT2D eigenvalue weighted by Gasteiger charge is 2.82. The fourth-order valence-corrected chi connectivity index (χ4v) is 6.63. The minimum Gasteiger partial charge on any atom is -0.485 e. The lowest BCUT2D eigenvalue weighted by atomic mass is 10.0. The Morgan fingerprint density at radius 3 is 0.703 bits per heavy atom. The summed E-state index contributed by atoms with van der Waals surface area (Å²) in [6.07, 6.45) is -96.5. The Balaban J connectivity index is 3.13. The summed E-state index contributed by atoms with van der Waals surface area (Å²) in [4.78, 5) is 0. The van der Waals surface area contributed by atoms with Crippen molar-refractivity contribution in [2.45, 2.75) is 166 Å². The lowest BCUT2D eigenvalue weighted by Crippen LogP contribution is -2.60. The van der Waals surface area contributed by atoms with E-state index in [1.807, 2.05) is 0 Å². The molecule has 0 aliphatic rings. The number of halogens is 44. The van der Waals surface area contributed by atoms with Gasteiger partial charge < -0.3 is 28.4 Å². The van der Waals surface area contributed by atoms with E-state index < -0.39 is 209 Å². The van der Waals surface area contributed by atoms with Crippen LogP contribution >= 0.6 is 0 Å². The van der Waals surface area contributed by atoms with Gasteiger partial charge in [0.25, 0.3) is 0 Å². The van der Waals surface area contributed by atoms with Crippen LogP contribution in [0.25, 0.3) is 11.1 Å². The number of rotatable bonds is 37. The van der Waals surface area contributed by atoms with E-state index in [1.165, 1.54) is 0 Å². The van der Waals surface area contributed by atoms with Crippen molar-refractivity contribution in [1.82, 2.24) is 0 Å². The van der Waals surface area contributed by atoms with Gasteiger partial charge in [0.1, 0.15) is 50.1 Å². The molecule has 0 aromatic heterocycles. The van der Waals surface area contributed by atoms with Gasteiger partial charge in [0.05, 0.1) is 26.4 Å². The molecule has 4 unspecified atom stereocenters. The molecule has 592 valence electrons. The van der Waals surface area contributed by atoms with Crippen LogP contribution < -0.4 is 9.47 Å².